The van der Waals surface area contributed by atoms with Gasteiger partial charge >= 0.3 is 0 Å². The van der Waals surface area contributed by atoms with Crippen molar-refractivity contribution in [1.82, 2.24) is 24.3 Å². The Morgan fingerprint density at radius 1 is 1.26 bits per heavy atom. The Bertz CT molecular complexity index is 1390. The van der Waals surface area contributed by atoms with Gasteiger partial charge in [0, 0.05) is 38.3 Å². The van der Waals surface area contributed by atoms with Gasteiger partial charge in [-0.1, -0.05) is 12.1 Å². The number of nitrogens with zero attached hydrogens (tertiary/aromatic N) is 4. The third kappa shape index (κ3) is 3.82. The zero-order valence-electron chi connectivity index (χ0n) is 17.0. The minimum Gasteiger partial charge on any atom is -0.396 e. The molecule has 0 bridgehead atoms. The topological polar surface area (TPSA) is 125 Å². The molecule has 4 aromatic heterocycles. The number of amides is 1. The third-order valence-corrected chi connectivity index (χ3v) is 5.09. The van der Waals surface area contributed by atoms with E-state index in [1.807, 2.05) is 19.1 Å². The van der Waals surface area contributed by atoms with E-state index in [0.717, 1.165) is 11.1 Å². The molecule has 0 aliphatic rings. The Labute approximate surface area is 177 Å². The first kappa shape index (κ1) is 20.4. The van der Waals surface area contributed by atoms with Gasteiger partial charge in [0.1, 0.15) is 16.8 Å². The van der Waals surface area contributed by atoms with E-state index in [2.05, 4.69) is 15.3 Å². The highest BCUT2D eigenvalue weighted by Crippen LogP contribution is 2.13. The average molecular weight is 418 g/mol. The average Bonchev–Trinajstić information content (AvgIpc) is 2.78. The van der Waals surface area contributed by atoms with Gasteiger partial charge in [-0.05, 0) is 42.7 Å². The normalized spacial score (nSPS) is 11.2. The van der Waals surface area contributed by atoms with E-state index in [1.165, 1.54) is 15.0 Å². The van der Waals surface area contributed by atoms with Crippen LogP contribution in [-0.2, 0) is 13.1 Å². The van der Waals surface area contributed by atoms with Crippen LogP contribution >= 0.6 is 0 Å². The Morgan fingerprint density at radius 3 is 2.84 bits per heavy atom. The molecule has 4 rings (SSSR count). The lowest BCUT2D eigenvalue weighted by atomic mass is 10.1. The second-order valence-electron chi connectivity index (χ2n) is 7.22. The predicted molar refractivity (Wildman–Crippen MR) is 115 cm³/mol. The first-order valence-electron chi connectivity index (χ1n) is 9.89. The zero-order chi connectivity index (χ0) is 22.0. The molecular formula is C22H22N6O3. The first-order valence-corrected chi connectivity index (χ1v) is 9.89. The number of pyridine rings is 3. The maximum absolute atomic E-state index is 13.2. The number of carbonyl (C=O) groups is 1. The standard InChI is InChI=1S/C22H22N6O3/c1-14-5-3-8-28-19(14)26-20-17(22(28)31)11-16(18(23)27(20)9-4-10-29)21(30)25-13-15-6-2-7-24-12-15/h2-3,5-8,11-12,23,29H,4,9-10,13H2,1H3,(H,25,30). The molecule has 0 atom stereocenters. The van der Waals surface area contributed by atoms with Crippen molar-refractivity contribution in [3.63, 3.8) is 0 Å². The molecule has 9 nitrogen and oxygen atoms in total. The Morgan fingerprint density at radius 2 is 2.10 bits per heavy atom. The number of aliphatic hydroxyl groups excluding tert-OH is 1. The molecule has 158 valence electrons. The van der Waals surface area contributed by atoms with Crippen LogP contribution in [0, 0.1) is 12.3 Å². The second-order valence-corrected chi connectivity index (χ2v) is 7.22. The van der Waals surface area contributed by atoms with E-state index in [1.54, 1.807) is 30.7 Å². The highest BCUT2D eigenvalue weighted by Gasteiger charge is 2.18. The van der Waals surface area contributed by atoms with Gasteiger partial charge in [0.25, 0.3) is 11.5 Å². The highest BCUT2D eigenvalue weighted by atomic mass is 16.3. The van der Waals surface area contributed by atoms with E-state index in [0.29, 0.717) is 17.7 Å². The van der Waals surface area contributed by atoms with Crippen LogP contribution in [0.2, 0.25) is 0 Å². The van der Waals surface area contributed by atoms with E-state index >= 15 is 0 Å². The maximum Gasteiger partial charge on any atom is 0.267 e. The van der Waals surface area contributed by atoms with Crippen molar-refractivity contribution >= 4 is 22.6 Å². The summed E-state index contributed by atoms with van der Waals surface area (Å²) in [6.45, 7) is 2.27. The SMILES string of the molecule is Cc1cccn2c(=O)c3cc(C(=O)NCc4cccnc4)c(=N)n(CCCO)c3nc12. The molecule has 0 aliphatic heterocycles. The summed E-state index contributed by atoms with van der Waals surface area (Å²) in [6, 6.07) is 8.65. The Hall–Kier alpha value is -3.85. The smallest absolute Gasteiger partial charge is 0.267 e. The molecule has 9 heteroatoms. The summed E-state index contributed by atoms with van der Waals surface area (Å²) >= 11 is 0. The molecule has 0 aromatic carbocycles. The molecular weight excluding hydrogens is 396 g/mol. The summed E-state index contributed by atoms with van der Waals surface area (Å²) in [6.07, 6.45) is 5.29. The largest absolute Gasteiger partial charge is 0.396 e. The third-order valence-electron chi connectivity index (χ3n) is 5.09. The fourth-order valence-corrected chi connectivity index (χ4v) is 3.50. The number of fused-ring (bicyclic) bond motifs is 2. The van der Waals surface area contributed by atoms with Crippen LogP contribution in [0.5, 0.6) is 0 Å². The van der Waals surface area contributed by atoms with E-state index in [9.17, 15) is 14.7 Å². The van der Waals surface area contributed by atoms with Gasteiger partial charge < -0.3 is 15.0 Å². The summed E-state index contributed by atoms with van der Waals surface area (Å²) in [5.74, 6) is -0.470. The summed E-state index contributed by atoms with van der Waals surface area (Å²) < 4.78 is 2.95. The van der Waals surface area contributed by atoms with E-state index < -0.39 is 5.91 Å². The second kappa shape index (κ2) is 8.49. The molecule has 4 heterocycles. The van der Waals surface area contributed by atoms with Gasteiger partial charge in [0.2, 0.25) is 0 Å². The van der Waals surface area contributed by atoms with Crippen LogP contribution in [0.15, 0.2) is 53.7 Å². The number of aromatic nitrogens is 4. The molecule has 0 radical (unpaired) electrons. The number of carbonyl (C=O) groups excluding carboxylic acids is 1. The van der Waals surface area contributed by atoms with Crippen molar-refractivity contribution in [3.05, 3.63) is 81.5 Å². The molecule has 3 N–H and O–H groups in total. The Kier molecular flexibility index (Phi) is 5.59. The lowest BCUT2D eigenvalue weighted by molar-refractivity contribution is 0.0948. The lowest BCUT2D eigenvalue weighted by Gasteiger charge is -2.15. The van der Waals surface area contributed by atoms with Gasteiger partial charge in [-0.25, -0.2) is 4.98 Å². The van der Waals surface area contributed by atoms with Gasteiger partial charge in [0.05, 0.1) is 10.9 Å². The van der Waals surface area contributed by atoms with Gasteiger partial charge in [-0.3, -0.25) is 24.4 Å². The van der Waals surface area contributed by atoms with Crippen molar-refractivity contribution in [3.8, 4) is 0 Å². The van der Waals surface area contributed by atoms with Crippen LogP contribution in [0.4, 0.5) is 0 Å². The number of nitrogens with one attached hydrogen (secondary N) is 2. The van der Waals surface area contributed by atoms with Crippen molar-refractivity contribution in [2.24, 2.45) is 0 Å². The molecule has 0 saturated carbocycles. The monoisotopic (exact) mass is 418 g/mol. The quantitative estimate of drug-likeness (QED) is 0.405. The lowest BCUT2D eigenvalue weighted by Crippen LogP contribution is -2.35. The zero-order valence-corrected chi connectivity index (χ0v) is 17.0. The molecule has 0 saturated heterocycles. The molecule has 0 unspecified atom stereocenters. The number of aryl methyl sites for hydroxylation is 2. The van der Waals surface area contributed by atoms with Crippen molar-refractivity contribution in [2.75, 3.05) is 6.61 Å². The summed E-state index contributed by atoms with van der Waals surface area (Å²) in [4.78, 5) is 34.7. The number of aliphatic hydroxyl groups is 1. The highest BCUT2D eigenvalue weighted by molar-refractivity contribution is 5.96. The van der Waals surface area contributed by atoms with Crippen molar-refractivity contribution in [2.45, 2.75) is 26.4 Å². The molecule has 0 fully saturated rings. The fraction of sp³-hybridized carbons (Fsp3) is 0.227. The number of hydrogen-bond acceptors (Lipinski definition) is 6. The van der Waals surface area contributed by atoms with Gasteiger partial charge in [-0.2, -0.15) is 0 Å². The molecule has 31 heavy (non-hydrogen) atoms. The van der Waals surface area contributed by atoms with Crippen LogP contribution in [0.25, 0.3) is 16.7 Å². The van der Waals surface area contributed by atoms with Crippen molar-refractivity contribution < 1.29 is 9.90 Å². The maximum atomic E-state index is 13.2. The van der Waals surface area contributed by atoms with Gasteiger partial charge in [-0.15, -0.1) is 0 Å². The van der Waals surface area contributed by atoms with Gasteiger partial charge in [0.15, 0.2) is 0 Å². The molecule has 0 aliphatic carbocycles. The fourth-order valence-electron chi connectivity index (χ4n) is 3.50. The number of hydrogen-bond donors (Lipinski definition) is 3. The first-order chi connectivity index (χ1) is 15.0. The number of rotatable bonds is 6. The minimum atomic E-state index is -0.470. The van der Waals surface area contributed by atoms with Crippen molar-refractivity contribution in [1.29, 1.82) is 5.41 Å². The van der Waals surface area contributed by atoms with Crippen LogP contribution in [-0.4, -0.2) is 36.6 Å². The van der Waals surface area contributed by atoms with Crippen LogP contribution < -0.4 is 16.4 Å². The predicted octanol–water partition coefficient (Wildman–Crippen LogP) is 1.14. The van der Waals surface area contributed by atoms with E-state index in [-0.39, 0.29) is 41.7 Å². The minimum absolute atomic E-state index is 0.0607. The molecule has 1 amide bonds. The summed E-state index contributed by atoms with van der Waals surface area (Å²) in [7, 11) is 0. The van der Waals surface area contributed by atoms with Crippen LogP contribution in [0.3, 0.4) is 0 Å². The van der Waals surface area contributed by atoms with E-state index in [4.69, 9.17) is 5.41 Å². The molecule has 4 aromatic rings. The van der Waals surface area contributed by atoms with Crippen LogP contribution in [0.1, 0.15) is 27.9 Å². The summed E-state index contributed by atoms with van der Waals surface area (Å²) in [5, 5.41) is 20.9. The Balaban J connectivity index is 1.88. The molecule has 0 spiro atoms. The summed E-state index contributed by atoms with van der Waals surface area (Å²) in [5.41, 5.74) is 2.14.